The first-order valence-corrected chi connectivity index (χ1v) is 7.32. The molecule has 2 fully saturated rings. The molecule has 1 saturated heterocycles. The summed E-state index contributed by atoms with van der Waals surface area (Å²) in [5.41, 5.74) is 1.46. The predicted molar refractivity (Wildman–Crippen MR) is 74.0 cm³/mol. The molecule has 18 heavy (non-hydrogen) atoms. The van der Waals surface area contributed by atoms with Crippen LogP contribution in [0.25, 0.3) is 0 Å². The van der Waals surface area contributed by atoms with Gasteiger partial charge in [0.25, 0.3) is 0 Å². The zero-order valence-electron chi connectivity index (χ0n) is 11.0. The molecule has 98 valence electrons. The molecule has 0 bridgehead atoms. The Morgan fingerprint density at radius 1 is 0.944 bits per heavy atom. The highest BCUT2D eigenvalue weighted by Gasteiger charge is 2.21. The average molecular weight is 245 g/mol. The third kappa shape index (κ3) is 3.49. The molecule has 3 rings (SSSR count). The fourth-order valence-corrected chi connectivity index (χ4v) is 2.64. The van der Waals surface area contributed by atoms with E-state index in [2.05, 4.69) is 29.6 Å². The van der Waals surface area contributed by atoms with Crippen LogP contribution < -0.4 is 10.1 Å². The van der Waals surface area contributed by atoms with Crippen molar-refractivity contribution in [1.82, 2.24) is 5.32 Å². The maximum atomic E-state index is 5.76. The molecular weight excluding hydrogens is 222 g/mol. The van der Waals surface area contributed by atoms with E-state index in [4.69, 9.17) is 4.74 Å². The maximum absolute atomic E-state index is 5.76. The molecule has 1 N–H and O–H groups in total. The third-order valence-electron chi connectivity index (χ3n) is 4.09. The molecule has 2 aliphatic rings. The highest BCUT2D eigenvalue weighted by molar-refractivity contribution is 5.27. The van der Waals surface area contributed by atoms with Gasteiger partial charge in [-0.05, 0) is 74.7 Å². The lowest BCUT2D eigenvalue weighted by Crippen LogP contribution is -2.28. The summed E-state index contributed by atoms with van der Waals surface area (Å²) >= 11 is 0. The Morgan fingerprint density at radius 2 is 1.67 bits per heavy atom. The standard InChI is InChI=1S/C16H23NO/c1-2-15(1)12-18-16-5-3-13(4-6-16)11-14-7-9-17-10-8-14/h3-6,14-15,17H,1-2,7-12H2. The maximum Gasteiger partial charge on any atom is 0.119 e. The summed E-state index contributed by atoms with van der Waals surface area (Å²) in [5, 5.41) is 3.42. The quantitative estimate of drug-likeness (QED) is 0.861. The molecule has 2 nitrogen and oxygen atoms in total. The van der Waals surface area contributed by atoms with Gasteiger partial charge in [-0.2, -0.15) is 0 Å². The van der Waals surface area contributed by atoms with E-state index in [-0.39, 0.29) is 0 Å². The third-order valence-corrected chi connectivity index (χ3v) is 4.09. The molecule has 0 aromatic heterocycles. The van der Waals surface area contributed by atoms with Crippen LogP contribution in [0.1, 0.15) is 31.2 Å². The zero-order valence-corrected chi connectivity index (χ0v) is 11.0. The highest BCUT2D eigenvalue weighted by atomic mass is 16.5. The number of ether oxygens (including phenoxy) is 1. The fraction of sp³-hybridized carbons (Fsp3) is 0.625. The molecule has 0 radical (unpaired) electrons. The molecular formula is C16H23NO. The first-order chi connectivity index (χ1) is 8.90. The second-order valence-electron chi connectivity index (χ2n) is 5.80. The van der Waals surface area contributed by atoms with Crippen LogP contribution in [0.3, 0.4) is 0 Å². The molecule has 0 spiro atoms. The average Bonchev–Trinajstić information content (AvgIpc) is 3.23. The van der Waals surface area contributed by atoms with E-state index >= 15 is 0 Å². The van der Waals surface area contributed by atoms with Crippen LogP contribution in [0.5, 0.6) is 5.75 Å². The monoisotopic (exact) mass is 245 g/mol. The summed E-state index contributed by atoms with van der Waals surface area (Å²) in [5.74, 6) is 2.74. The molecule has 1 saturated carbocycles. The molecule has 0 atom stereocenters. The lowest BCUT2D eigenvalue weighted by molar-refractivity contribution is 0.299. The number of hydrogen-bond acceptors (Lipinski definition) is 2. The van der Waals surface area contributed by atoms with Gasteiger partial charge in [0.1, 0.15) is 5.75 Å². The van der Waals surface area contributed by atoms with Crippen LogP contribution >= 0.6 is 0 Å². The molecule has 1 aliphatic heterocycles. The van der Waals surface area contributed by atoms with Crippen molar-refractivity contribution in [3.8, 4) is 5.75 Å². The Labute approximate surface area is 110 Å². The van der Waals surface area contributed by atoms with Crippen LogP contribution in [0.15, 0.2) is 24.3 Å². The molecule has 1 heterocycles. The van der Waals surface area contributed by atoms with Gasteiger partial charge in [-0.15, -0.1) is 0 Å². The lowest BCUT2D eigenvalue weighted by Gasteiger charge is -2.22. The van der Waals surface area contributed by atoms with Crippen molar-refractivity contribution in [2.75, 3.05) is 19.7 Å². The molecule has 1 aliphatic carbocycles. The molecule has 2 heteroatoms. The summed E-state index contributed by atoms with van der Waals surface area (Å²) in [6.45, 7) is 3.29. The first kappa shape index (κ1) is 12.0. The molecule has 0 unspecified atom stereocenters. The number of nitrogens with one attached hydrogen (secondary N) is 1. The van der Waals surface area contributed by atoms with Crippen molar-refractivity contribution < 1.29 is 4.74 Å². The Kier molecular flexibility index (Phi) is 3.84. The second-order valence-corrected chi connectivity index (χ2v) is 5.80. The summed E-state index contributed by atoms with van der Waals surface area (Å²) in [6, 6.07) is 8.76. The summed E-state index contributed by atoms with van der Waals surface area (Å²) in [7, 11) is 0. The lowest BCUT2D eigenvalue weighted by atomic mass is 9.91. The summed E-state index contributed by atoms with van der Waals surface area (Å²) in [4.78, 5) is 0. The minimum Gasteiger partial charge on any atom is -0.493 e. The molecule has 0 amide bonds. The number of piperidine rings is 1. The number of benzene rings is 1. The fourth-order valence-electron chi connectivity index (χ4n) is 2.64. The van der Waals surface area contributed by atoms with Crippen molar-refractivity contribution in [2.45, 2.75) is 32.1 Å². The predicted octanol–water partition coefficient (Wildman–Crippen LogP) is 3.02. The Balaban J connectivity index is 1.49. The van der Waals surface area contributed by atoms with E-state index in [0.29, 0.717) is 0 Å². The molecule has 1 aromatic carbocycles. The van der Waals surface area contributed by atoms with Crippen LogP contribution in [-0.2, 0) is 6.42 Å². The van der Waals surface area contributed by atoms with Gasteiger partial charge in [-0.1, -0.05) is 12.1 Å². The SMILES string of the molecule is c1cc(OCC2CC2)ccc1CC1CCNCC1. The van der Waals surface area contributed by atoms with Gasteiger partial charge in [-0.25, -0.2) is 0 Å². The van der Waals surface area contributed by atoms with E-state index in [1.54, 1.807) is 0 Å². The second kappa shape index (κ2) is 5.75. The summed E-state index contributed by atoms with van der Waals surface area (Å²) < 4.78 is 5.76. The van der Waals surface area contributed by atoms with E-state index in [1.165, 1.54) is 50.8 Å². The summed E-state index contributed by atoms with van der Waals surface area (Å²) in [6.07, 6.45) is 6.58. The van der Waals surface area contributed by atoms with E-state index < -0.39 is 0 Å². The Morgan fingerprint density at radius 3 is 2.33 bits per heavy atom. The van der Waals surface area contributed by atoms with E-state index in [9.17, 15) is 0 Å². The van der Waals surface area contributed by atoms with Gasteiger partial charge < -0.3 is 10.1 Å². The van der Waals surface area contributed by atoms with Crippen molar-refractivity contribution in [3.05, 3.63) is 29.8 Å². The van der Waals surface area contributed by atoms with Crippen molar-refractivity contribution in [1.29, 1.82) is 0 Å². The van der Waals surface area contributed by atoms with Crippen molar-refractivity contribution in [2.24, 2.45) is 11.8 Å². The van der Waals surface area contributed by atoms with Gasteiger partial charge in [0.05, 0.1) is 6.61 Å². The van der Waals surface area contributed by atoms with Gasteiger partial charge in [0, 0.05) is 0 Å². The largest absolute Gasteiger partial charge is 0.493 e. The smallest absolute Gasteiger partial charge is 0.119 e. The van der Waals surface area contributed by atoms with Gasteiger partial charge in [-0.3, -0.25) is 0 Å². The van der Waals surface area contributed by atoms with Crippen LogP contribution in [0, 0.1) is 11.8 Å². The van der Waals surface area contributed by atoms with Gasteiger partial charge in [0.15, 0.2) is 0 Å². The first-order valence-electron chi connectivity index (χ1n) is 7.32. The Hall–Kier alpha value is -1.02. The van der Waals surface area contributed by atoms with Gasteiger partial charge >= 0.3 is 0 Å². The number of hydrogen-bond donors (Lipinski definition) is 1. The minimum absolute atomic E-state index is 0.833. The highest BCUT2D eigenvalue weighted by Crippen LogP contribution is 2.29. The van der Waals surface area contributed by atoms with E-state index in [1.807, 2.05) is 0 Å². The van der Waals surface area contributed by atoms with Crippen molar-refractivity contribution in [3.63, 3.8) is 0 Å². The molecule has 1 aromatic rings. The van der Waals surface area contributed by atoms with Crippen LogP contribution in [0.4, 0.5) is 0 Å². The van der Waals surface area contributed by atoms with E-state index in [0.717, 1.165) is 24.2 Å². The number of rotatable bonds is 5. The normalized spacial score (nSPS) is 20.9. The van der Waals surface area contributed by atoms with Gasteiger partial charge in [0.2, 0.25) is 0 Å². The van der Waals surface area contributed by atoms with Crippen LogP contribution in [0.2, 0.25) is 0 Å². The minimum atomic E-state index is 0.833. The Bertz CT molecular complexity index is 363. The van der Waals surface area contributed by atoms with Crippen LogP contribution in [-0.4, -0.2) is 19.7 Å². The zero-order chi connectivity index (χ0) is 12.2. The topological polar surface area (TPSA) is 21.3 Å². The van der Waals surface area contributed by atoms with Crippen molar-refractivity contribution >= 4 is 0 Å².